The number of carboxylic acid groups (broad SMARTS) is 1. The summed E-state index contributed by atoms with van der Waals surface area (Å²) in [5.41, 5.74) is 2.10. The third-order valence-electron chi connectivity index (χ3n) is 2.54. The van der Waals surface area contributed by atoms with Crippen LogP contribution in [0.3, 0.4) is 0 Å². The van der Waals surface area contributed by atoms with Gasteiger partial charge in [-0.3, -0.25) is 4.79 Å². The highest BCUT2D eigenvalue weighted by molar-refractivity contribution is 5.70. The van der Waals surface area contributed by atoms with Gasteiger partial charge in [-0.05, 0) is 23.5 Å². The van der Waals surface area contributed by atoms with E-state index in [1.165, 1.54) is 0 Å². The zero-order valence-corrected chi connectivity index (χ0v) is 8.66. The Morgan fingerprint density at radius 3 is 2.64 bits per heavy atom. The van der Waals surface area contributed by atoms with Crippen molar-refractivity contribution in [2.24, 2.45) is 0 Å². The number of hydrogen-bond acceptors (Lipinski definition) is 1. The molecule has 2 nitrogen and oxygen atoms in total. The minimum absolute atomic E-state index is 0.126. The van der Waals surface area contributed by atoms with Gasteiger partial charge in [0.05, 0.1) is 6.42 Å². The van der Waals surface area contributed by atoms with Gasteiger partial charge in [-0.2, -0.15) is 0 Å². The smallest absolute Gasteiger partial charge is 0.307 e. The molecule has 1 rings (SSSR count). The van der Waals surface area contributed by atoms with Crippen LogP contribution in [0.1, 0.15) is 37.3 Å². The molecule has 0 heterocycles. The van der Waals surface area contributed by atoms with Crippen LogP contribution >= 0.6 is 0 Å². The van der Waals surface area contributed by atoms with Crippen LogP contribution in [0.4, 0.5) is 0 Å². The van der Waals surface area contributed by atoms with Crippen molar-refractivity contribution in [1.29, 1.82) is 0 Å². The Bertz CT molecular complexity index is 318. The third kappa shape index (κ3) is 2.59. The summed E-state index contributed by atoms with van der Waals surface area (Å²) in [6.45, 7) is 4.24. The second-order valence-electron chi connectivity index (χ2n) is 3.58. The zero-order valence-electron chi connectivity index (χ0n) is 8.66. The van der Waals surface area contributed by atoms with E-state index < -0.39 is 5.97 Å². The molecule has 0 amide bonds. The normalized spacial score (nSPS) is 12.4. The largest absolute Gasteiger partial charge is 0.481 e. The van der Waals surface area contributed by atoms with Crippen LogP contribution < -0.4 is 0 Å². The van der Waals surface area contributed by atoms with Gasteiger partial charge in [-0.25, -0.2) is 0 Å². The molecule has 14 heavy (non-hydrogen) atoms. The van der Waals surface area contributed by atoms with Crippen LogP contribution in [0, 0.1) is 0 Å². The first-order valence-corrected chi connectivity index (χ1v) is 4.94. The molecule has 0 aliphatic carbocycles. The molecule has 1 atom stereocenters. The topological polar surface area (TPSA) is 37.3 Å². The highest BCUT2D eigenvalue weighted by atomic mass is 16.4. The SMILES string of the molecule is CCC(C)c1ccccc1CC(=O)O. The number of carbonyl (C=O) groups is 1. The lowest BCUT2D eigenvalue weighted by molar-refractivity contribution is -0.136. The minimum atomic E-state index is -0.763. The molecule has 2 heteroatoms. The van der Waals surface area contributed by atoms with E-state index in [1.54, 1.807) is 0 Å². The van der Waals surface area contributed by atoms with E-state index in [1.807, 2.05) is 24.3 Å². The highest BCUT2D eigenvalue weighted by Gasteiger charge is 2.10. The van der Waals surface area contributed by atoms with Crippen molar-refractivity contribution in [1.82, 2.24) is 0 Å². The summed E-state index contributed by atoms with van der Waals surface area (Å²) in [6, 6.07) is 7.78. The standard InChI is InChI=1S/C12H16O2/c1-3-9(2)11-7-5-4-6-10(11)8-12(13)14/h4-7,9H,3,8H2,1-2H3,(H,13,14). The average molecular weight is 192 g/mol. The summed E-state index contributed by atoms with van der Waals surface area (Å²) in [7, 11) is 0. The van der Waals surface area contributed by atoms with Crippen LogP contribution in [-0.4, -0.2) is 11.1 Å². The molecule has 0 fully saturated rings. The van der Waals surface area contributed by atoms with E-state index >= 15 is 0 Å². The fourth-order valence-electron chi connectivity index (χ4n) is 1.56. The number of benzene rings is 1. The molecule has 0 aliphatic rings. The van der Waals surface area contributed by atoms with Crippen molar-refractivity contribution < 1.29 is 9.90 Å². The molecular weight excluding hydrogens is 176 g/mol. The Morgan fingerprint density at radius 2 is 2.07 bits per heavy atom. The molecule has 0 bridgehead atoms. The molecule has 0 radical (unpaired) electrons. The average Bonchev–Trinajstić information content (AvgIpc) is 2.16. The predicted molar refractivity (Wildman–Crippen MR) is 56.5 cm³/mol. The summed E-state index contributed by atoms with van der Waals surface area (Å²) in [4.78, 5) is 10.6. The molecule has 0 spiro atoms. The minimum Gasteiger partial charge on any atom is -0.481 e. The molecule has 76 valence electrons. The summed E-state index contributed by atoms with van der Waals surface area (Å²) in [5, 5.41) is 8.75. The van der Waals surface area contributed by atoms with Crippen molar-refractivity contribution in [3.63, 3.8) is 0 Å². The first-order valence-electron chi connectivity index (χ1n) is 4.94. The van der Waals surface area contributed by atoms with Gasteiger partial charge in [0.2, 0.25) is 0 Å². The Kier molecular flexibility index (Phi) is 3.69. The Labute approximate surface area is 84.6 Å². The first kappa shape index (κ1) is 10.8. The zero-order chi connectivity index (χ0) is 10.6. The number of aliphatic carboxylic acids is 1. The quantitative estimate of drug-likeness (QED) is 0.796. The second kappa shape index (κ2) is 4.80. The van der Waals surface area contributed by atoms with Crippen LogP contribution in [-0.2, 0) is 11.2 Å². The molecule has 0 aromatic heterocycles. The van der Waals surface area contributed by atoms with Crippen LogP contribution in [0.5, 0.6) is 0 Å². The van der Waals surface area contributed by atoms with Crippen LogP contribution in [0.25, 0.3) is 0 Å². The highest BCUT2D eigenvalue weighted by Crippen LogP contribution is 2.22. The lowest BCUT2D eigenvalue weighted by atomic mass is 9.92. The predicted octanol–water partition coefficient (Wildman–Crippen LogP) is 2.83. The van der Waals surface area contributed by atoms with Crippen LogP contribution in [0.2, 0.25) is 0 Å². The van der Waals surface area contributed by atoms with Gasteiger partial charge in [0, 0.05) is 0 Å². The first-order chi connectivity index (χ1) is 6.65. The summed E-state index contributed by atoms with van der Waals surface area (Å²) in [5.74, 6) is -0.327. The fourth-order valence-corrected chi connectivity index (χ4v) is 1.56. The second-order valence-corrected chi connectivity index (χ2v) is 3.58. The third-order valence-corrected chi connectivity index (χ3v) is 2.54. The number of rotatable bonds is 4. The molecule has 1 unspecified atom stereocenters. The van der Waals surface area contributed by atoms with Crippen molar-refractivity contribution in [2.45, 2.75) is 32.6 Å². The summed E-state index contributed by atoms with van der Waals surface area (Å²) in [6.07, 6.45) is 1.16. The van der Waals surface area contributed by atoms with Crippen LogP contribution in [0.15, 0.2) is 24.3 Å². The summed E-state index contributed by atoms with van der Waals surface area (Å²) < 4.78 is 0. The molecule has 0 aliphatic heterocycles. The molecular formula is C12H16O2. The van der Waals surface area contributed by atoms with Gasteiger partial charge < -0.3 is 5.11 Å². The van der Waals surface area contributed by atoms with Crippen molar-refractivity contribution in [2.75, 3.05) is 0 Å². The van der Waals surface area contributed by atoms with E-state index in [0.29, 0.717) is 5.92 Å². The lowest BCUT2D eigenvalue weighted by Gasteiger charge is -2.13. The maximum atomic E-state index is 10.6. The van der Waals surface area contributed by atoms with Gasteiger partial charge >= 0.3 is 5.97 Å². The van der Waals surface area contributed by atoms with Crippen molar-refractivity contribution in [3.8, 4) is 0 Å². The molecule has 1 N–H and O–H groups in total. The van der Waals surface area contributed by atoms with Gasteiger partial charge in [-0.15, -0.1) is 0 Å². The molecule has 1 aromatic rings. The Balaban J connectivity index is 2.96. The number of hydrogen-bond donors (Lipinski definition) is 1. The Hall–Kier alpha value is -1.31. The number of carboxylic acids is 1. The maximum absolute atomic E-state index is 10.6. The van der Waals surface area contributed by atoms with E-state index in [0.717, 1.165) is 17.5 Å². The summed E-state index contributed by atoms with van der Waals surface area (Å²) >= 11 is 0. The van der Waals surface area contributed by atoms with Gasteiger partial charge in [0.25, 0.3) is 0 Å². The van der Waals surface area contributed by atoms with E-state index in [4.69, 9.17) is 5.11 Å². The fraction of sp³-hybridized carbons (Fsp3) is 0.417. The van der Waals surface area contributed by atoms with Gasteiger partial charge in [0.1, 0.15) is 0 Å². The van der Waals surface area contributed by atoms with Crippen molar-refractivity contribution in [3.05, 3.63) is 35.4 Å². The van der Waals surface area contributed by atoms with E-state index in [-0.39, 0.29) is 6.42 Å². The lowest BCUT2D eigenvalue weighted by Crippen LogP contribution is -2.05. The monoisotopic (exact) mass is 192 g/mol. The van der Waals surface area contributed by atoms with Gasteiger partial charge in [0.15, 0.2) is 0 Å². The van der Waals surface area contributed by atoms with E-state index in [9.17, 15) is 4.79 Å². The van der Waals surface area contributed by atoms with Crippen molar-refractivity contribution >= 4 is 5.97 Å². The molecule has 0 saturated carbocycles. The maximum Gasteiger partial charge on any atom is 0.307 e. The Morgan fingerprint density at radius 1 is 1.43 bits per heavy atom. The van der Waals surface area contributed by atoms with Gasteiger partial charge in [-0.1, -0.05) is 38.1 Å². The molecule has 1 aromatic carbocycles. The van der Waals surface area contributed by atoms with E-state index in [2.05, 4.69) is 13.8 Å². The molecule has 0 saturated heterocycles.